The summed E-state index contributed by atoms with van der Waals surface area (Å²) in [6.07, 6.45) is 29.7. The summed E-state index contributed by atoms with van der Waals surface area (Å²) < 4.78 is 9.31. The number of hydrogen-bond donors (Lipinski definition) is 4. The van der Waals surface area contributed by atoms with E-state index in [2.05, 4.69) is 47.6 Å². The molecule has 392 valence electrons. The largest absolute Gasteiger partial charge is 0.481 e. The van der Waals surface area contributed by atoms with E-state index in [1.165, 1.54) is 14.2 Å². The van der Waals surface area contributed by atoms with Gasteiger partial charge in [-0.15, -0.1) is 0 Å². The van der Waals surface area contributed by atoms with Gasteiger partial charge in [0.2, 0.25) is 0 Å². The molecule has 0 saturated heterocycles. The van der Waals surface area contributed by atoms with Crippen LogP contribution >= 0.6 is 0 Å². The Labute approximate surface area is 409 Å². The maximum atomic E-state index is 11.7. The van der Waals surface area contributed by atoms with Crippen LogP contribution in [0.2, 0.25) is 0 Å². The molecule has 0 bridgehead atoms. The zero-order valence-electron chi connectivity index (χ0n) is 41.3. The lowest BCUT2D eigenvalue weighted by Gasteiger charge is -2.15. The molecule has 0 unspecified atom stereocenters. The molecule has 0 heterocycles. The van der Waals surface area contributed by atoms with Crippen molar-refractivity contribution in [2.75, 3.05) is 28.4 Å². The lowest BCUT2D eigenvalue weighted by Crippen LogP contribution is -2.18. The van der Waals surface area contributed by atoms with E-state index >= 15 is 0 Å². The molecule has 0 aromatic carbocycles. The normalized spacial score (nSPS) is 23.7. The molecular formula is C54H92O14. The summed E-state index contributed by atoms with van der Waals surface area (Å²) in [4.78, 5) is 90.0. The van der Waals surface area contributed by atoms with Gasteiger partial charge >= 0.3 is 23.9 Å². The van der Waals surface area contributed by atoms with E-state index in [0.29, 0.717) is 62.9 Å². The van der Waals surface area contributed by atoms with Crippen molar-refractivity contribution in [2.24, 2.45) is 47.3 Å². The summed E-state index contributed by atoms with van der Waals surface area (Å²) in [6.45, 7) is 8.22. The molecule has 0 aromatic rings. The number of carboxylic acid groups (broad SMARTS) is 2. The highest BCUT2D eigenvalue weighted by Crippen LogP contribution is 2.37. The fraction of sp³-hybridized carbons (Fsp3) is 0.704. The minimum absolute atomic E-state index is 0. The number of carbonyl (C=O) groups is 8. The van der Waals surface area contributed by atoms with Crippen LogP contribution in [0, 0.1) is 47.3 Å². The van der Waals surface area contributed by atoms with E-state index < -0.39 is 11.9 Å². The Bertz CT molecular complexity index is 1450. The number of methoxy groups -OCH3 is 2. The molecule has 0 amide bonds. The van der Waals surface area contributed by atoms with Crippen molar-refractivity contribution >= 4 is 47.0 Å². The predicted octanol–water partition coefficient (Wildman–Crippen LogP) is 10.3. The number of esters is 2. The quantitative estimate of drug-likeness (QED) is 0.0656. The first-order chi connectivity index (χ1) is 31.7. The maximum Gasteiger partial charge on any atom is 0.305 e. The van der Waals surface area contributed by atoms with Gasteiger partial charge in [0.15, 0.2) is 0 Å². The van der Waals surface area contributed by atoms with Gasteiger partial charge in [0, 0.05) is 89.3 Å². The number of ether oxygens (including phenoxy) is 2. The molecule has 14 nitrogen and oxygen atoms in total. The third-order valence-corrected chi connectivity index (χ3v) is 12.3. The molecule has 0 aromatic heterocycles. The number of rotatable bonds is 20. The second-order valence-corrected chi connectivity index (χ2v) is 16.7. The fourth-order valence-corrected chi connectivity index (χ4v) is 8.86. The Morgan fingerprint density at radius 1 is 0.426 bits per heavy atom. The molecule has 4 aliphatic carbocycles. The second kappa shape index (κ2) is 43.7. The van der Waals surface area contributed by atoms with Gasteiger partial charge in [-0.2, -0.15) is 0 Å². The Balaban J connectivity index is -0.000000388. The Kier molecular flexibility index (Phi) is 45.0. The first-order valence-corrected chi connectivity index (χ1v) is 23.8. The highest BCUT2D eigenvalue weighted by atomic mass is 16.5. The van der Waals surface area contributed by atoms with Gasteiger partial charge in [-0.05, 0) is 101 Å². The average Bonchev–Trinajstić information content (AvgIpc) is 4.05. The molecule has 4 fully saturated rings. The van der Waals surface area contributed by atoms with Crippen molar-refractivity contribution in [2.45, 2.75) is 171 Å². The minimum Gasteiger partial charge on any atom is -0.481 e. The predicted molar refractivity (Wildman–Crippen MR) is 269 cm³/mol. The molecule has 4 N–H and O–H groups in total. The van der Waals surface area contributed by atoms with Gasteiger partial charge in [-0.25, -0.2) is 0 Å². The fourth-order valence-electron chi connectivity index (χ4n) is 8.86. The molecule has 0 radical (unpaired) electrons. The number of aliphatic hydroxyl groups excluding tert-OH is 2. The third kappa shape index (κ3) is 29.4. The molecule has 0 aliphatic heterocycles. The summed E-state index contributed by atoms with van der Waals surface area (Å²) in [5.74, 6) is -0.493. The van der Waals surface area contributed by atoms with Crippen LogP contribution in [0.5, 0.6) is 0 Å². The van der Waals surface area contributed by atoms with Gasteiger partial charge in [0.25, 0.3) is 0 Å². The van der Waals surface area contributed by atoms with Crippen LogP contribution in [0.3, 0.4) is 0 Å². The highest BCUT2D eigenvalue weighted by Gasteiger charge is 2.37. The third-order valence-electron chi connectivity index (χ3n) is 12.3. The van der Waals surface area contributed by atoms with Crippen LogP contribution < -0.4 is 0 Å². The Morgan fingerprint density at radius 3 is 0.809 bits per heavy atom. The second-order valence-electron chi connectivity index (χ2n) is 16.7. The average molecular weight is 965 g/mol. The van der Waals surface area contributed by atoms with Crippen molar-refractivity contribution in [3.63, 3.8) is 0 Å². The number of Topliss-reactive ketones (excluding diaryl/α,β-unsaturated/α-hetero) is 4. The summed E-state index contributed by atoms with van der Waals surface area (Å²) in [5, 5.41) is 31.4. The lowest BCUT2D eigenvalue weighted by molar-refractivity contribution is -0.143. The van der Waals surface area contributed by atoms with Crippen molar-refractivity contribution < 1.29 is 68.3 Å². The number of allylic oxidation sites excluding steroid dienone is 8. The van der Waals surface area contributed by atoms with Crippen molar-refractivity contribution in [3.8, 4) is 0 Å². The van der Waals surface area contributed by atoms with Crippen LogP contribution in [-0.2, 0) is 47.8 Å². The van der Waals surface area contributed by atoms with Gasteiger partial charge in [0.05, 0.1) is 14.2 Å². The lowest BCUT2D eigenvalue weighted by atomic mass is 9.89. The van der Waals surface area contributed by atoms with Crippen LogP contribution in [0.1, 0.15) is 171 Å². The molecule has 0 spiro atoms. The summed E-state index contributed by atoms with van der Waals surface area (Å²) in [7, 11) is 4.79. The molecule has 68 heavy (non-hydrogen) atoms. The van der Waals surface area contributed by atoms with E-state index in [1.807, 2.05) is 38.2 Å². The van der Waals surface area contributed by atoms with Crippen LogP contribution in [0.25, 0.3) is 0 Å². The first kappa shape index (κ1) is 70.0. The van der Waals surface area contributed by atoms with Crippen molar-refractivity contribution in [1.82, 2.24) is 0 Å². The van der Waals surface area contributed by atoms with Crippen LogP contribution in [-0.4, -0.2) is 95.9 Å². The van der Waals surface area contributed by atoms with Crippen LogP contribution in [0.15, 0.2) is 48.6 Å². The number of hydrogen-bond acceptors (Lipinski definition) is 12. The molecule has 14 heteroatoms. The Hall–Kier alpha value is -4.56. The molecule has 4 rings (SSSR count). The van der Waals surface area contributed by atoms with Gasteiger partial charge < -0.3 is 29.9 Å². The van der Waals surface area contributed by atoms with Crippen molar-refractivity contribution in [3.05, 3.63) is 48.6 Å². The van der Waals surface area contributed by atoms with Crippen molar-refractivity contribution in [1.29, 1.82) is 0 Å². The van der Waals surface area contributed by atoms with Gasteiger partial charge in [0.1, 0.15) is 23.1 Å². The molecule has 4 saturated carbocycles. The van der Waals surface area contributed by atoms with E-state index in [-0.39, 0.29) is 98.5 Å². The summed E-state index contributed by atoms with van der Waals surface area (Å²) in [5.41, 5.74) is 0. The van der Waals surface area contributed by atoms with Gasteiger partial charge in [-0.1, -0.05) is 91.2 Å². The first-order valence-electron chi connectivity index (χ1n) is 23.8. The Morgan fingerprint density at radius 2 is 0.632 bits per heavy atom. The monoisotopic (exact) mass is 965 g/mol. The zero-order valence-corrected chi connectivity index (χ0v) is 41.3. The topological polar surface area (TPSA) is 236 Å². The standard InChI is InChI=1S/2C13H20O3.2C12H18O3.2CH4O.2CH4/c2*1-3-4-5-6-11-10(7-8-12(11)14)9-13(15)16-2;2*1-2-3-4-5-10-9(8-12(14)15)6-7-11(10)13;2*1-2;;/h2*4-5,10-11H,3,6-9H2,1-2H3;2*3-4,9-10H,2,5-8H2,1H3,(H,14,15);2*2H,1H3;2*1H4/b5-4+;5-4-;4-3+;4-3-;;;;/t2*10-,11+;2*9-,10+;;;;/m0000..../s1. The molecular weight excluding hydrogens is 873 g/mol. The van der Waals surface area contributed by atoms with E-state index in [0.717, 1.165) is 78.4 Å². The number of aliphatic carboxylic acids is 2. The number of aliphatic hydroxyl groups is 2. The molecule has 8 atom stereocenters. The summed E-state index contributed by atoms with van der Waals surface area (Å²) >= 11 is 0. The highest BCUT2D eigenvalue weighted by molar-refractivity contribution is 5.86. The smallest absolute Gasteiger partial charge is 0.305 e. The van der Waals surface area contributed by atoms with Gasteiger partial charge in [-0.3, -0.25) is 38.4 Å². The van der Waals surface area contributed by atoms with Crippen LogP contribution in [0.4, 0.5) is 0 Å². The SMILES string of the molecule is C.C.CC/C=C/C[C@H]1C(=O)CC[C@H]1CC(=O)O.CC/C=C/C[C@H]1C(=O)CC[C@H]1CC(=O)OC.CC/C=C\C[C@H]1C(=O)CC[C@H]1CC(=O)O.CC/C=C\C[C@H]1C(=O)CC[C@H]1CC(=O)OC.CO.CO. The van der Waals surface area contributed by atoms with E-state index in [4.69, 9.17) is 20.4 Å². The minimum atomic E-state index is -0.792. The zero-order chi connectivity index (χ0) is 50.5. The van der Waals surface area contributed by atoms with E-state index in [1.54, 1.807) is 0 Å². The number of carbonyl (C=O) groups excluding carboxylic acids is 6. The number of carboxylic acids is 2. The maximum absolute atomic E-state index is 11.7. The van der Waals surface area contributed by atoms with E-state index in [9.17, 15) is 38.4 Å². The molecule has 4 aliphatic rings. The number of ketones is 4. The summed E-state index contributed by atoms with van der Waals surface area (Å²) in [6, 6.07) is 0.